The number of rotatable bonds is 6. The molecular formula is C21H20O6. The van der Waals surface area contributed by atoms with Crippen LogP contribution in [0.4, 0.5) is 0 Å². The summed E-state index contributed by atoms with van der Waals surface area (Å²) in [7, 11) is 0. The summed E-state index contributed by atoms with van der Waals surface area (Å²) in [5.74, 6) is 0.222. The van der Waals surface area contributed by atoms with Gasteiger partial charge in [0.05, 0.1) is 18.4 Å². The highest BCUT2D eigenvalue weighted by Gasteiger charge is 2.12. The van der Waals surface area contributed by atoms with E-state index in [1.54, 1.807) is 18.2 Å². The molecule has 27 heavy (non-hydrogen) atoms. The third-order valence-electron chi connectivity index (χ3n) is 4.28. The smallest absolute Gasteiger partial charge is 0.306 e. The van der Waals surface area contributed by atoms with Crippen molar-refractivity contribution < 1.29 is 23.8 Å². The molecule has 0 aliphatic heterocycles. The molecule has 0 bridgehead atoms. The molecule has 0 spiro atoms. The maximum Gasteiger partial charge on any atom is 0.306 e. The van der Waals surface area contributed by atoms with Crippen LogP contribution >= 0.6 is 0 Å². The molecule has 0 saturated heterocycles. The number of carbonyl (C=O) groups is 1. The van der Waals surface area contributed by atoms with Crippen LogP contribution in [-0.2, 0) is 4.79 Å². The van der Waals surface area contributed by atoms with Gasteiger partial charge < -0.3 is 19.0 Å². The van der Waals surface area contributed by atoms with Crippen LogP contribution < -0.4 is 14.9 Å². The van der Waals surface area contributed by atoms with Crippen molar-refractivity contribution in [1.82, 2.24) is 0 Å². The second-order valence-corrected chi connectivity index (χ2v) is 6.39. The lowest BCUT2D eigenvalue weighted by molar-refractivity contribution is -0.137. The minimum atomic E-state index is -0.939. The Morgan fingerprint density at radius 2 is 1.89 bits per heavy atom. The van der Waals surface area contributed by atoms with E-state index < -0.39 is 5.97 Å². The number of hydrogen-bond donors (Lipinski definition) is 1. The molecule has 6 nitrogen and oxygen atoms in total. The predicted molar refractivity (Wildman–Crippen MR) is 101 cm³/mol. The largest absolute Gasteiger partial charge is 0.493 e. The van der Waals surface area contributed by atoms with Gasteiger partial charge in [-0.3, -0.25) is 9.59 Å². The Bertz CT molecular complexity index is 1060. The summed E-state index contributed by atoms with van der Waals surface area (Å²) in [6, 6.07) is 8.68. The highest BCUT2D eigenvalue weighted by Crippen LogP contribution is 2.28. The molecule has 140 valence electrons. The number of carboxylic acids is 1. The van der Waals surface area contributed by atoms with Gasteiger partial charge in [-0.2, -0.15) is 0 Å². The summed E-state index contributed by atoms with van der Waals surface area (Å²) >= 11 is 0. The van der Waals surface area contributed by atoms with E-state index >= 15 is 0 Å². The Kier molecular flexibility index (Phi) is 5.16. The molecule has 0 aliphatic rings. The van der Waals surface area contributed by atoms with Crippen molar-refractivity contribution >= 4 is 16.9 Å². The summed E-state index contributed by atoms with van der Waals surface area (Å²) in [6.45, 7) is 5.93. The Balaban J connectivity index is 1.90. The lowest BCUT2D eigenvalue weighted by atomic mass is 10.1. The predicted octanol–water partition coefficient (Wildman–Crippen LogP) is 4.36. The van der Waals surface area contributed by atoms with Crippen LogP contribution in [0.2, 0.25) is 0 Å². The van der Waals surface area contributed by atoms with E-state index in [4.69, 9.17) is 19.0 Å². The van der Waals surface area contributed by atoms with E-state index in [-0.39, 0.29) is 24.2 Å². The van der Waals surface area contributed by atoms with Gasteiger partial charge >= 0.3 is 5.97 Å². The van der Waals surface area contributed by atoms with Gasteiger partial charge in [-0.15, -0.1) is 0 Å². The topological polar surface area (TPSA) is 86.0 Å². The summed E-state index contributed by atoms with van der Waals surface area (Å²) < 4.78 is 16.7. The Morgan fingerprint density at radius 3 is 2.63 bits per heavy atom. The van der Waals surface area contributed by atoms with Crippen LogP contribution in [0.25, 0.3) is 11.0 Å². The lowest BCUT2D eigenvalue weighted by Crippen LogP contribution is -2.07. The maximum atomic E-state index is 12.7. The highest BCUT2D eigenvalue weighted by atomic mass is 16.5. The van der Waals surface area contributed by atoms with Crippen LogP contribution in [0.15, 0.2) is 45.8 Å². The average molecular weight is 368 g/mol. The molecule has 3 aromatic rings. The van der Waals surface area contributed by atoms with Gasteiger partial charge in [0, 0.05) is 6.07 Å². The van der Waals surface area contributed by atoms with Crippen molar-refractivity contribution in [3.63, 3.8) is 0 Å². The molecule has 1 N–H and O–H groups in total. The quantitative estimate of drug-likeness (QED) is 0.695. The second-order valence-electron chi connectivity index (χ2n) is 6.39. The third-order valence-corrected chi connectivity index (χ3v) is 4.28. The van der Waals surface area contributed by atoms with Crippen LogP contribution in [0.5, 0.6) is 17.2 Å². The first kappa shape index (κ1) is 18.5. The zero-order valence-corrected chi connectivity index (χ0v) is 15.4. The van der Waals surface area contributed by atoms with E-state index in [1.807, 2.05) is 26.8 Å². The fraction of sp³-hybridized carbons (Fsp3) is 0.238. The minimum absolute atomic E-state index is 0.0399. The molecule has 3 rings (SSSR count). The fourth-order valence-corrected chi connectivity index (χ4v) is 2.73. The molecule has 0 atom stereocenters. The minimum Gasteiger partial charge on any atom is -0.493 e. The third kappa shape index (κ3) is 4.11. The molecular weight excluding hydrogens is 348 g/mol. The SMILES string of the molecule is Cc1cc(C)c(C)c(Oc2coc3cc(OCCC(=O)O)ccc3c2=O)c1. The lowest BCUT2D eigenvalue weighted by Gasteiger charge is -2.12. The normalized spacial score (nSPS) is 10.8. The summed E-state index contributed by atoms with van der Waals surface area (Å²) in [5.41, 5.74) is 3.14. The van der Waals surface area contributed by atoms with Gasteiger partial charge in [0.2, 0.25) is 11.2 Å². The van der Waals surface area contributed by atoms with Crippen molar-refractivity contribution in [3.05, 3.63) is 63.5 Å². The first-order chi connectivity index (χ1) is 12.8. The van der Waals surface area contributed by atoms with Crippen molar-refractivity contribution in [2.24, 2.45) is 0 Å². The van der Waals surface area contributed by atoms with Gasteiger partial charge in [-0.1, -0.05) is 6.07 Å². The molecule has 1 aromatic heterocycles. The summed E-state index contributed by atoms with van der Waals surface area (Å²) in [5, 5.41) is 9.01. The molecule has 6 heteroatoms. The van der Waals surface area contributed by atoms with E-state index in [2.05, 4.69) is 6.07 Å². The van der Waals surface area contributed by atoms with Gasteiger partial charge in [0.1, 0.15) is 23.3 Å². The van der Waals surface area contributed by atoms with Gasteiger partial charge in [0.25, 0.3) is 0 Å². The van der Waals surface area contributed by atoms with E-state index in [9.17, 15) is 9.59 Å². The molecule has 1 heterocycles. The van der Waals surface area contributed by atoms with Crippen LogP contribution in [0.3, 0.4) is 0 Å². The molecule has 0 aliphatic carbocycles. The maximum absolute atomic E-state index is 12.7. The van der Waals surface area contributed by atoms with Crippen molar-refractivity contribution in [1.29, 1.82) is 0 Å². The number of benzene rings is 2. The standard InChI is InChI=1S/C21H20O6/c1-12-8-13(2)14(3)17(9-12)27-19-11-26-18-10-15(25-7-6-20(22)23)4-5-16(18)21(19)24/h4-5,8-11H,6-7H2,1-3H3,(H,22,23). The average Bonchev–Trinajstić information content (AvgIpc) is 2.61. The summed E-state index contributed by atoms with van der Waals surface area (Å²) in [4.78, 5) is 23.3. The number of hydrogen-bond acceptors (Lipinski definition) is 5. The van der Waals surface area contributed by atoms with Crippen molar-refractivity contribution in [2.75, 3.05) is 6.61 Å². The van der Waals surface area contributed by atoms with Gasteiger partial charge in [0.15, 0.2) is 0 Å². The van der Waals surface area contributed by atoms with Crippen LogP contribution in [0, 0.1) is 20.8 Å². The van der Waals surface area contributed by atoms with E-state index in [0.29, 0.717) is 22.5 Å². The Morgan fingerprint density at radius 1 is 1.11 bits per heavy atom. The molecule has 0 fully saturated rings. The fourth-order valence-electron chi connectivity index (χ4n) is 2.73. The number of carboxylic acid groups (broad SMARTS) is 1. The van der Waals surface area contributed by atoms with Crippen molar-refractivity contribution in [3.8, 4) is 17.2 Å². The van der Waals surface area contributed by atoms with Gasteiger partial charge in [-0.05, 0) is 55.7 Å². The second kappa shape index (κ2) is 7.53. The first-order valence-electron chi connectivity index (χ1n) is 8.51. The Hall–Kier alpha value is -3.28. The molecule has 0 radical (unpaired) electrons. The van der Waals surface area contributed by atoms with E-state index in [0.717, 1.165) is 16.7 Å². The number of ether oxygens (including phenoxy) is 2. The molecule has 0 amide bonds. The number of fused-ring (bicyclic) bond motifs is 1. The first-order valence-corrected chi connectivity index (χ1v) is 8.51. The zero-order valence-electron chi connectivity index (χ0n) is 15.4. The zero-order chi connectivity index (χ0) is 19.6. The van der Waals surface area contributed by atoms with Crippen LogP contribution in [0.1, 0.15) is 23.1 Å². The highest BCUT2D eigenvalue weighted by molar-refractivity contribution is 5.79. The number of aliphatic carboxylic acids is 1. The summed E-state index contributed by atoms with van der Waals surface area (Å²) in [6.07, 6.45) is 1.17. The monoisotopic (exact) mass is 368 g/mol. The number of aryl methyl sites for hydroxylation is 2. The molecule has 0 saturated carbocycles. The van der Waals surface area contributed by atoms with Crippen LogP contribution in [-0.4, -0.2) is 17.7 Å². The molecule has 0 unspecified atom stereocenters. The van der Waals surface area contributed by atoms with Crippen molar-refractivity contribution in [2.45, 2.75) is 27.2 Å². The van der Waals surface area contributed by atoms with E-state index in [1.165, 1.54) is 6.26 Å². The van der Waals surface area contributed by atoms with Gasteiger partial charge in [-0.25, -0.2) is 0 Å². The molecule has 2 aromatic carbocycles. The Labute approximate surface area is 156 Å².